The Morgan fingerprint density at radius 3 is 2.94 bits per heavy atom. The van der Waals surface area contributed by atoms with Gasteiger partial charge in [-0.1, -0.05) is 13.8 Å². The molecule has 1 saturated heterocycles. The summed E-state index contributed by atoms with van der Waals surface area (Å²) in [6, 6.07) is 1.20. The second-order valence-corrected chi connectivity index (χ2v) is 6.31. The number of aromatic nitrogens is 1. The van der Waals surface area contributed by atoms with Gasteiger partial charge in [0.05, 0.1) is 10.7 Å². The zero-order chi connectivity index (χ0) is 12.4. The van der Waals surface area contributed by atoms with Crippen molar-refractivity contribution in [1.29, 1.82) is 0 Å². The minimum Gasteiger partial charge on any atom is -0.311 e. The fourth-order valence-corrected chi connectivity index (χ4v) is 3.01. The van der Waals surface area contributed by atoms with E-state index in [9.17, 15) is 0 Å². The quantitative estimate of drug-likeness (QED) is 0.897. The molecule has 96 valence electrons. The summed E-state index contributed by atoms with van der Waals surface area (Å²) < 4.78 is 0. The van der Waals surface area contributed by atoms with Crippen LogP contribution in [0.1, 0.15) is 44.3 Å². The molecule has 0 radical (unpaired) electrons. The van der Waals surface area contributed by atoms with Crippen LogP contribution in [0.25, 0.3) is 0 Å². The molecule has 17 heavy (non-hydrogen) atoms. The minimum atomic E-state index is 0.549. The van der Waals surface area contributed by atoms with Crippen LogP contribution in [0.5, 0.6) is 0 Å². The third kappa shape index (κ3) is 3.27. The van der Waals surface area contributed by atoms with Crippen LogP contribution in [0.3, 0.4) is 0 Å². The Morgan fingerprint density at radius 2 is 2.29 bits per heavy atom. The molecule has 1 aliphatic rings. The van der Waals surface area contributed by atoms with Crippen molar-refractivity contribution in [2.75, 3.05) is 13.1 Å². The maximum Gasteiger partial charge on any atom is 0.0954 e. The molecule has 1 aliphatic heterocycles. The predicted octanol–water partition coefficient (Wildman–Crippen LogP) is 2.45. The van der Waals surface area contributed by atoms with Crippen molar-refractivity contribution in [3.63, 3.8) is 0 Å². The molecule has 1 aromatic rings. The second-order valence-electron chi connectivity index (χ2n) is 5.42. The van der Waals surface area contributed by atoms with Gasteiger partial charge in [-0.05, 0) is 13.8 Å². The fourth-order valence-electron chi connectivity index (χ4n) is 2.19. The molecule has 0 amide bonds. The molecule has 1 N–H and O–H groups in total. The highest BCUT2D eigenvalue weighted by atomic mass is 32.1. The van der Waals surface area contributed by atoms with Gasteiger partial charge in [0, 0.05) is 43.0 Å². The zero-order valence-corrected chi connectivity index (χ0v) is 12.0. The van der Waals surface area contributed by atoms with Gasteiger partial charge in [-0.3, -0.25) is 4.90 Å². The standard InChI is InChI=1S/C13H23N3S/c1-9(2)13-15-12(8-17-13)7-16-6-10(3)14-5-11(16)4/h8-11,14H,5-7H2,1-4H3. The summed E-state index contributed by atoms with van der Waals surface area (Å²) >= 11 is 1.79. The molecule has 1 fully saturated rings. The Labute approximate surface area is 108 Å². The maximum absolute atomic E-state index is 4.72. The first-order chi connectivity index (χ1) is 8.06. The van der Waals surface area contributed by atoms with Gasteiger partial charge < -0.3 is 5.32 Å². The summed E-state index contributed by atoms with van der Waals surface area (Å²) in [5.74, 6) is 0.549. The summed E-state index contributed by atoms with van der Waals surface area (Å²) in [4.78, 5) is 7.25. The van der Waals surface area contributed by atoms with Crippen LogP contribution in [-0.4, -0.2) is 35.1 Å². The Hall–Kier alpha value is -0.450. The molecule has 0 aromatic carbocycles. The topological polar surface area (TPSA) is 28.2 Å². The molecule has 2 heterocycles. The van der Waals surface area contributed by atoms with Crippen LogP contribution in [0.15, 0.2) is 5.38 Å². The SMILES string of the molecule is CC1CN(Cc2csc(C(C)C)n2)C(C)CN1. The molecule has 4 heteroatoms. The molecule has 2 rings (SSSR count). The molecule has 0 spiro atoms. The lowest BCUT2D eigenvalue weighted by atomic mass is 10.1. The van der Waals surface area contributed by atoms with Crippen LogP contribution in [-0.2, 0) is 6.54 Å². The average molecular weight is 253 g/mol. The van der Waals surface area contributed by atoms with E-state index in [0.29, 0.717) is 18.0 Å². The van der Waals surface area contributed by atoms with E-state index in [-0.39, 0.29) is 0 Å². The third-order valence-corrected chi connectivity index (χ3v) is 4.52. The number of hydrogen-bond acceptors (Lipinski definition) is 4. The molecule has 0 aliphatic carbocycles. The predicted molar refractivity (Wildman–Crippen MR) is 73.5 cm³/mol. The molecule has 0 saturated carbocycles. The van der Waals surface area contributed by atoms with Crippen molar-refractivity contribution >= 4 is 11.3 Å². The molecule has 0 bridgehead atoms. The number of hydrogen-bond donors (Lipinski definition) is 1. The van der Waals surface area contributed by atoms with Crippen molar-refractivity contribution in [2.24, 2.45) is 0 Å². The average Bonchev–Trinajstić information content (AvgIpc) is 2.72. The van der Waals surface area contributed by atoms with E-state index in [1.54, 1.807) is 11.3 Å². The van der Waals surface area contributed by atoms with Gasteiger partial charge >= 0.3 is 0 Å². The van der Waals surface area contributed by atoms with E-state index in [1.165, 1.54) is 10.7 Å². The summed E-state index contributed by atoms with van der Waals surface area (Å²) in [5.41, 5.74) is 1.24. The van der Waals surface area contributed by atoms with E-state index >= 15 is 0 Å². The van der Waals surface area contributed by atoms with Gasteiger partial charge in [0.25, 0.3) is 0 Å². The van der Waals surface area contributed by atoms with Crippen molar-refractivity contribution in [3.8, 4) is 0 Å². The highest BCUT2D eigenvalue weighted by molar-refractivity contribution is 7.09. The van der Waals surface area contributed by atoms with Crippen molar-refractivity contribution in [2.45, 2.75) is 52.2 Å². The summed E-state index contributed by atoms with van der Waals surface area (Å²) in [6.07, 6.45) is 0. The van der Waals surface area contributed by atoms with Crippen molar-refractivity contribution < 1.29 is 0 Å². The Morgan fingerprint density at radius 1 is 1.53 bits per heavy atom. The summed E-state index contributed by atoms with van der Waals surface area (Å²) in [5, 5.41) is 6.99. The molecular formula is C13H23N3S. The number of piperazine rings is 1. The molecule has 1 aromatic heterocycles. The van der Waals surface area contributed by atoms with Crippen LogP contribution >= 0.6 is 11.3 Å². The fraction of sp³-hybridized carbons (Fsp3) is 0.769. The van der Waals surface area contributed by atoms with Crippen molar-refractivity contribution in [1.82, 2.24) is 15.2 Å². The first-order valence-electron chi connectivity index (χ1n) is 6.48. The Bertz CT molecular complexity index is 361. The number of nitrogens with one attached hydrogen (secondary N) is 1. The van der Waals surface area contributed by atoms with Gasteiger partial charge in [-0.2, -0.15) is 0 Å². The second kappa shape index (κ2) is 5.46. The molecule has 2 unspecified atom stereocenters. The lowest BCUT2D eigenvalue weighted by molar-refractivity contribution is 0.137. The van der Waals surface area contributed by atoms with Gasteiger partial charge in [0.2, 0.25) is 0 Å². The lowest BCUT2D eigenvalue weighted by Gasteiger charge is -2.37. The highest BCUT2D eigenvalue weighted by Gasteiger charge is 2.22. The van der Waals surface area contributed by atoms with Crippen LogP contribution in [0.4, 0.5) is 0 Å². The number of thiazole rings is 1. The van der Waals surface area contributed by atoms with E-state index in [0.717, 1.165) is 19.6 Å². The Balaban J connectivity index is 1.98. The minimum absolute atomic E-state index is 0.549. The number of rotatable bonds is 3. The normalized spacial score (nSPS) is 26.6. The van der Waals surface area contributed by atoms with E-state index in [2.05, 4.69) is 43.3 Å². The summed E-state index contributed by atoms with van der Waals surface area (Å²) in [7, 11) is 0. The molecular weight excluding hydrogens is 230 g/mol. The largest absolute Gasteiger partial charge is 0.311 e. The highest BCUT2D eigenvalue weighted by Crippen LogP contribution is 2.21. The van der Waals surface area contributed by atoms with Crippen LogP contribution in [0, 0.1) is 0 Å². The van der Waals surface area contributed by atoms with Crippen molar-refractivity contribution in [3.05, 3.63) is 16.1 Å². The smallest absolute Gasteiger partial charge is 0.0954 e. The van der Waals surface area contributed by atoms with Gasteiger partial charge in [0.1, 0.15) is 0 Å². The first-order valence-corrected chi connectivity index (χ1v) is 7.36. The van der Waals surface area contributed by atoms with Crippen LogP contribution in [0.2, 0.25) is 0 Å². The monoisotopic (exact) mass is 253 g/mol. The van der Waals surface area contributed by atoms with E-state index in [1.807, 2.05) is 0 Å². The first kappa shape index (κ1) is 13.0. The number of nitrogens with zero attached hydrogens (tertiary/aromatic N) is 2. The van der Waals surface area contributed by atoms with Gasteiger partial charge in [-0.25, -0.2) is 4.98 Å². The summed E-state index contributed by atoms with van der Waals surface area (Å²) in [6.45, 7) is 12.2. The zero-order valence-electron chi connectivity index (χ0n) is 11.2. The van der Waals surface area contributed by atoms with Gasteiger partial charge in [-0.15, -0.1) is 11.3 Å². The van der Waals surface area contributed by atoms with E-state index in [4.69, 9.17) is 4.98 Å². The van der Waals surface area contributed by atoms with E-state index < -0.39 is 0 Å². The lowest BCUT2D eigenvalue weighted by Crippen LogP contribution is -2.53. The maximum atomic E-state index is 4.72. The van der Waals surface area contributed by atoms with Crippen LogP contribution < -0.4 is 5.32 Å². The van der Waals surface area contributed by atoms with Gasteiger partial charge in [0.15, 0.2) is 0 Å². The Kier molecular flexibility index (Phi) is 4.17. The third-order valence-electron chi connectivity index (χ3n) is 3.32. The molecule has 2 atom stereocenters. The molecule has 3 nitrogen and oxygen atoms in total.